The summed E-state index contributed by atoms with van der Waals surface area (Å²) in [6.45, 7) is 7.96. The van der Waals surface area contributed by atoms with Crippen LogP contribution in [0.15, 0.2) is 12.2 Å². The second-order valence-electron chi connectivity index (χ2n) is 3.74. The van der Waals surface area contributed by atoms with Crippen molar-refractivity contribution in [1.29, 1.82) is 0 Å². The molecule has 0 aromatic rings. The molecule has 2 heteroatoms. The highest BCUT2D eigenvalue weighted by Crippen LogP contribution is 2.24. The van der Waals surface area contributed by atoms with E-state index in [0.717, 1.165) is 13.1 Å². The van der Waals surface area contributed by atoms with Crippen molar-refractivity contribution in [2.24, 2.45) is 0 Å². The first-order chi connectivity index (χ1) is 5.74. The third-order valence-corrected chi connectivity index (χ3v) is 2.45. The summed E-state index contributed by atoms with van der Waals surface area (Å²) in [4.78, 5) is 2.34. The molecule has 1 aliphatic carbocycles. The van der Waals surface area contributed by atoms with Gasteiger partial charge >= 0.3 is 0 Å². The standard InChI is InChI=1S/C10H19NO/c1-9(2)8-11(6-7-12)10-4-3-5-10/h10,12H,1,3-8H2,2H3. The van der Waals surface area contributed by atoms with Crippen molar-refractivity contribution in [3.8, 4) is 0 Å². The van der Waals surface area contributed by atoms with Gasteiger partial charge in [-0.05, 0) is 19.8 Å². The van der Waals surface area contributed by atoms with E-state index < -0.39 is 0 Å². The minimum Gasteiger partial charge on any atom is -0.395 e. The van der Waals surface area contributed by atoms with Crippen LogP contribution in [0.3, 0.4) is 0 Å². The molecule has 1 N–H and O–H groups in total. The Morgan fingerprint density at radius 1 is 1.58 bits per heavy atom. The van der Waals surface area contributed by atoms with Gasteiger partial charge in [0.05, 0.1) is 6.61 Å². The molecule has 12 heavy (non-hydrogen) atoms. The average Bonchev–Trinajstić information content (AvgIpc) is 1.81. The fourth-order valence-electron chi connectivity index (χ4n) is 1.62. The molecule has 0 spiro atoms. The van der Waals surface area contributed by atoms with Gasteiger partial charge in [0.15, 0.2) is 0 Å². The summed E-state index contributed by atoms with van der Waals surface area (Å²) >= 11 is 0. The van der Waals surface area contributed by atoms with Gasteiger partial charge in [-0.3, -0.25) is 4.90 Å². The Labute approximate surface area is 74.9 Å². The van der Waals surface area contributed by atoms with Crippen LogP contribution in [-0.2, 0) is 0 Å². The van der Waals surface area contributed by atoms with Gasteiger partial charge in [-0.2, -0.15) is 0 Å². The van der Waals surface area contributed by atoms with E-state index in [1.807, 2.05) is 6.92 Å². The number of rotatable bonds is 5. The van der Waals surface area contributed by atoms with E-state index in [4.69, 9.17) is 5.11 Å². The summed E-state index contributed by atoms with van der Waals surface area (Å²) in [5.74, 6) is 0. The van der Waals surface area contributed by atoms with Crippen molar-refractivity contribution in [1.82, 2.24) is 4.90 Å². The lowest BCUT2D eigenvalue weighted by Gasteiger charge is -2.37. The number of hydrogen-bond donors (Lipinski definition) is 1. The molecule has 1 fully saturated rings. The molecule has 0 aromatic heterocycles. The highest BCUT2D eigenvalue weighted by Gasteiger charge is 2.23. The maximum absolute atomic E-state index is 8.85. The topological polar surface area (TPSA) is 23.5 Å². The molecule has 0 unspecified atom stereocenters. The Morgan fingerprint density at radius 2 is 2.25 bits per heavy atom. The zero-order chi connectivity index (χ0) is 8.97. The predicted molar refractivity (Wildman–Crippen MR) is 51.1 cm³/mol. The lowest BCUT2D eigenvalue weighted by atomic mass is 9.91. The molecule has 1 saturated carbocycles. The summed E-state index contributed by atoms with van der Waals surface area (Å²) in [5, 5.41) is 8.85. The average molecular weight is 169 g/mol. The molecule has 0 radical (unpaired) electrons. The van der Waals surface area contributed by atoms with E-state index in [9.17, 15) is 0 Å². The molecule has 0 amide bonds. The Hall–Kier alpha value is -0.340. The second kappa shape index (κ2) is 4.63. The van der Waals surface area contributed by atoms with Gasteiger partial charge in [-0.1, -0.05) is 18.6 Å². The summed E-state index contributed by atoms with van der Waals surface area (Å²) in [5.41, 5.74) is 1.19. The summed E-state index contributed by atoms with van der Waals surface area (Å²) < 4.78 is 0. The van der Waals surface area contributed by atoms with Crippen LogP contribution in [-0.4, -0.2) is 35.7 Å². The molecule has 0 heterocycles. The number of aliphatic hydroxyl groups excluding tert-OH is 1. The first kappa shape index (κ1) is 9.75. The highest BCUT2D eigenvalue weighted by atomic mass is 16.3. The molecular weight excluding hydrogens is 150 g/mol. The van der Waals surface area contributed by atoms with Crippen LogP contribution in [0, 0.1) is 0 Å². The van der Waals surface area contributed by atoms with Crippen LogP contribution in [0.25, 0.3) is 0 Å². The molecule has 0 bridgehead atoms. The first-order valence-corrected chi connectivity index (χ1v) is 4.73. The smallest absolute Gasteiger partial charge is 0.0558 e. The van der Waals surface area contributed by atoms with E-state index in [1.54, 1.807) is 0 Å². The normalized spacial score (nSPS) is 17.9. The number of aliphatic hydroxyl groups is 1. The van der Waals surface area contributed by atoms with Gasteiger partial charge in [-0.15, -0.1) is 0 Å². The first-order valence-electron chi connectivity index (χ1n) is 4.73. The third kappa shape index (κ3) is 2.61. The van der Waals surface area contributed by atoms with Gasteiger partial charge in [0.2, 0.25) is 0 Å². The van der Waals surface area contributed by atoms with Gasteiger partial charge < -0.3 is 5.11 Å². The Morgan fingerprint density at radius 3 is 2.58 bits per heavy atom. The minimum absolute atomic E-state index is 0.268. The molecule has 2 nitrogen and oxygen atoms in total. The molecule has 0 aromatic carbocycles. The van der Waals surface area contributed by atoms with E-state index in [1.165, 1.54) is 24.8 Å². The lowest BCUT2D eigenvalue weighted by molar-refractivity contribution is 0.111. The molecule has 70 valence electrons. The monoisotopic (exact) mass is 169 g/mol. The highest BCUT2D eigenvalue weighted by molar-refractivity contribution is 4.94. The van der Waals surface area contributed by atoms with Crippen LogP contribution in [0.2, 0.25) is 0 Å². The number of hydrogen-bond acceptors (Lipinski definition) is 2. The zero-order valence-electron chi connectivity index (χ0n) is 7.92. The maximum atomic E-state index is 8.85. The molecule has 0 atom stereocenters. The molecule has 0 aliphatic heterocycles. The van der Waals surface area contributed by atoms with Crippen LogP contribution >= 0.6 is 0 Å². The van der Waals surface area contributed by atoms with E-state index in [-0.39, 0.29) is 6.61 Å². The van der Waals surface area contributed by atoms with Gasteiger partial charge in [0.25, 0.3) is 0 Å². The van der Waals surface area contributed by atoms with Gasteiger partial charge in [0.1, 0.15) is 0 Å². The molecule has 0 saturated heterocycles. The van der Waals surface area contributed by atoms with Crippen LogP contribution < -0.4 is 0 Å². The van der Waals surface area contributed by atoms with Crippen molar-refractivity contribution in [2.45, 2.75) is 32.2 Å². The van der Waals surface area contributed by atoms with Crippen molar-refractivity contribution >= 4 is 0 Å². The van der Waals surface area contributed by atoms with Crippen LogP contribution in [0.4, 0.5) is 0 Å². The Balaban J connectivity index is 2.31. The zero-order valence-corrected chi connectivity index (χ0v) is 7.92. The predicted octanol–water partition coefficient (Wildman–Crippen LogP) is 1.41. The SMILES string of the molecule is C=C(C)CN(CCO)C1CCC1. The fraction of sp³-hybridized carbons (Fsp3) is 0.800. The fourth-order valence-corrected chi connectivity index (χ4v) is 1.62. The van der Waals surface area contributed by atoms with E-state index in [2.05, 4.69) is 11.5 Å². The summed E-state index contributed by atoms with van der Waals surface area (Å²) in [7, 11) is 0. The van der Waals surface area contributed by atoms with Crippen molar-refractivity contribution in [3.63, 3.8) is 0 Å². The van der Waals surface area contributed by atoms with Gasteiger partial charge in [-0.25, -0.2) is 0 Å². The van der Waals surface area contributed by atoms with Crippen molar-refractivity contribution in [3.05, 3.63) is 12.2 Å². The number of nitrogens with zero attached hydrogens (tertiary/aromatic N) is 1. The van der Waals surface area contributed by atoms with E-state index >= 15 is 0 Å². The summed E-state index contributed by atoms with van der Waals surface area (Å²) in [6, 6.07) is 0.717. The molecule has 1 aliphatic rings. The minimum atomic E-state index is 0.268. The maximum Gasteiger partial charge on any atom is 0.0558 e. The van der Waals surface area contributed by atoms with Crippen molar-refractivity contribution in [2.75, 3.05) is 19.7 Å². The van der Waals surface area contributed by atoms with E-state index in [0.29, 0.717) is 6.04 Å². The van der Waals surface area contributed by atoms with Gasteiger partial charge in [0, 0.05) is 19.1 Å². The second-order valence-corrected chi connectivity index (χ2v) is 3.74. The lowest BCUT2D eigenvalue weighted by Crippen LogP contribution is -2.42. The Bertz CT molecular complexity index is 152. The Kier molecular flexibility index (Phi) is 3.76. The quantitative estimate of drug-likeness (QED) is 0.629. The largest absolute Gasteiger partial charge is 0.395 e. The molecular formula is C10H19NO. The van der Waals surface area contributed by atoms with Crippen molar-refractivity contribution < 1.29 is 5.11 Å². The van der Waals surface area contributed by atoms with Crippen LogP contribution in [0.5, 0.6) is 0 Å². The third-order valence-electron chi connectivity index (χ3n) is 2.45. The van der Waals surface area contributed by atoms with Crippen LogP contribution in [0.1, 0.15) is 26.2 Å². The molecule has 1 rings (SSSR count). The summed E-state index contributed by atoms with van der Waals surface area (Å²) in [6.07, 6.45) is 3.95.